The van der Waals surface area contributed by atoms with Gasteiger partial charge in [-0.2, -0.15) is 14.0 Å². The lowest BCUT2D eigenvalue weighted by Gasteiger charge is -2.13. The van der Waals surface area contributed by atoms with E-state index in [1.54, 1.807) is 36.4 Å². The number of nitriles is 1. The zero-order chi connectivity index (χ0) is 15.2. The molecule has 0 unspecified atom stereocenters. The van der Waals surface area contributed by atoms with Crippen LogP contribution in [0.15, 0.2) is 42.5 Å². The first-order chi connectivity index (χ1) is 10.1. The SMILES string of the molecule is N#Cc1ccc(N)c(NCc2ccccc2OC(F)F)c1. The first kappa shape index (κ1) is 14.6. The van der Waals surface area contributed by atoms with Crippen LogP contribution in [0.1, 0.15) is 11.1 Å². The Kier molecular flexibility index (Phi) is 4.57. The number of alkyl halides is 2. The predicted octanol–water partition coefficient (Wildman–Crippen LogP) is 3.35. The van der Waals surface area contributed by atoms with Gasteiger partial charge in [0.15, 0.2) is 0 Å². The van der Waals surface area contributed by atoms with Crippen molar-refractivity contribution in [2.45, 2.75) is 13.2 Å². The maximum absolute atomic E-state index is 12.3. The van der Waals surface area contributed by atoms with E-state index in [9.17, 15) is 8.78 Å². The molecule has 0 saturated carbocycles. The van der Waals surface area contributed by atoms with Gasteiger partial charge in [-0.25, -0.2) is 0 Å². The molecule has 0 aliphatic heterocycles. The van der Waals surface area contributed by atoms with Crippen molar-refractivity contribution in [3.05, 3.63) is 53.6 Å². The highest BCUT2D eigenvalue weighted by Gasteiger charge is 2.09. The number of para-hydroxylation sites is 1. The molecule has 2 aromatic rings. The molecule has 0 spiro atoms. The monoisotopic (exact) mass is 289 g/mol. The molecule has 108 valence electrons. The van der Waals surface area contributed by atoms with Crippen LogP contribution in [0.4, 0.5) is 20.2 Å². The van der Waals surface area contributed by atoms with Crippen molar-refractivity contribution in [1.82, 2.24) is 0 Å². The summed E-state index contributed by atoms with van der Waals surface area (Å²) in [7, 11) is 0. The Labute approximate surface area is 120 Å². The molecular formula is C15H13F2N3O. The molecule has 0 fully saturated rings. The van der Waals surface area contributed by atoms with Gasteiger partial charge in [-0.1, -0.05) is 18.2 Å². The number of halogens is 2. The lowest BCUT2D eigenvalue weighted by Crippen LogP contribution is -2.08. The zero-order valence-electron chi connectivity index (χ0n) is 11.0. The standard InChI is InChI=1S/C15H13F2N3O/c16-15(17)21-14-4-2-1-3-11(14)9-20-13-7-10(8-18)5-6-12(13)19/h1-7,15,20H,9,19H2. The molecule has 0 bridgehead atoms. The lowest BCUT2D eigenvalue weighted by molar-refractivity contribution is -0.0504. The van der Waals surface area contributed by atoms with Crippen LogP contribution in [0.3, 0.4) is 0 Å². The Morgan fingerprint density at radius 3 is 2.71 bits per heavy atom. The molecule has 6 heteroatoms. The molecule has 0 aliphatic carbocycles. The van der Waals surface area contributed by atoms with Crippen LogP contribution in [0.25, 0.3) is 0 Å². The summed E-state index contributed by atoms with van der Waals surface area (Å²) in [5.74, 6) is 0.106. The zero-order valence-corrected chi connectivity index (χ0v) is 11.0. The molecule has 21 heavy (non-hydrogen) atoms. The van der Waals surface area contributed by atoms with Gasteiger partial charge in [0.1, 0.15) is 5.75 Å². The summed E-state index contributed by atoms with van der Waals surface area (Å²) in [5, 5.41) is 11.9. The summed E-state index contributed by atoms with van der Waals surface area (Å²) in [6.07, 6.45) is 0. The van der Waals surface area contributed by atoms with Crippen molar-refractivity contribution >= 4 is 11.4 Å². The van der Waals surface area contributed by atoms with E-state index in [2.05, 4.69) is 10.1 Å². The number of nitrogens with two attached hydrogens (primary N) is 1. The minimum Gasteiger partial charge on any atom is -0.434 e. The van der Waals surface area contributed by atoms with Crippen LogP contribution < -0.4 is 15.8 Å². The minimum atomic E-state index is -2.88. The Balaban J connectivity index is 2.15. The quantitative estimate of drug-likeness (QED) is 0.828. The van der Waals surface area contributed by atoms with E-state index in [0.717, 1.165) is 0 Å². The third-order valence-corrected chi connectivity index (χ3v) is 2.84. The molecule has 0 atom stereocenters. The molecule has 0 heterocycles. The molecule has 0 aromatic heterocycles. The smallest absolute Gasteiger partial charge is 0.387 e. The van der Waals surface area contributed by atoms with Gasteiger partial charge in [-0.15, -0.1) is 0 Å². The van der Waals surface area contributed by atoms with E-state index in [1.165, 1.54) is 6.07 Å². The van der Waals surface area contributed by atoms with Gasteiger partial charge >= 0.3 is 6.61 Å². The molecule has 2 aromatic carbocycles. The molecule has 0 radical (unpaired) electrons. The third-order valence-electron chi connectivity index (χ3n) is 2.84. The summed E-state index contributed by atoms with van der Waals surface area (Å²) in [4.78, 5) is 0. The summed E-state index contributed by atoms with van der Waals surface area (Å²) in [6.45, 7) is -2.62. The minimum absolute atomic E-state index is 0.106. The van der Waals surface area contributed by atoms with Crippen molar-refractivity contribution < 1.29 is 13.5 Å². The summed E-state index contributed by atoms with van der Waals surface area (Å²) < 4.78 is 29.1. The van der Waals surface area contributed by atoms with Crippen molar-refractivity contribution in [1.29, 1.82) is 5.26 Å². The second-order valence-corrected chi connectivity index (χ2v) is 4.25. The summed E-state index contributed by atoms with van der Waals surface area (Å²) >= 11 is 0. The largest absolute Gasteiger partial charge is 0.434 e. The molecule has 0 aliphatic rings. The van der Waals surface area contributed by atoms with Crippen molar-refractivity contribution in [3.63, 3.8) is 0 Å². The van der Waals surface area contributed by atoms with Gasteiger partial charge in [0, 0.05) is 12.1 Å². The second kappa shape index (κ2) is 6.57. The number of rotatable bonds is 5. The summed E-state index contributed by atoms with van der Waals surface area (Å²) in [5.41, 5.74) is 7.88. The number of nitrogen functional groups attached to an aromatic ring is 1. The van der Waals surface area contributed by atoms with E-state index < -0.39 is 6.61 Å². The maximum Gasteiger partial charge on any atom is 0.387 e. The Bertz CT molecular complexity index is 668. The van der Waals surface area contributed by atoms with Crippen molar-refractivity contribution in [2.24, 2.45) is 0 Å². The Morgan fingerprint density at radius 2 is 2.00 bits per heavy atom. The van der Waals surface area contributed by atoms with E-state index in [-0.39, 0.29) is 12.3 Å². The Hall–Kier alpha value is -2.81. The highest BCUT2D eigenvalue weighted by atomic mass is 19.3. The average Bonchev–Trinajstić information content (AvgIpc) is 2.47. The third kappa shape index (κ3) is 3.83. The number of nitrogens with one attached hydrogen (secondary N) is 1. The average molecular weight is 289 g/mol. The van der Waals surface area contributed by atoms with Crippen LogP contribution >= 0.6 is 0 Å². The second-order valence-electron chi connectivity index (χ2n) is 4.25. The number of ether oxygens (including phenoxy) is 1. The highest BCUT2D eigenvalue weighted by molar-refractivity contribution is 5.68. The number of benzene rings is 2. The van der Waals surface area contributed by atoms with Gasteiger partial charge in [0.2, 0.25) is 0 Å². The molecule has 3 N–H and O–H groups in total. The van der Waals surface area contributed by atoms with Crippen molar-refractivity contribution in [2.75, 3.05) is 11.1 Å². The number of hydrogen-bond acceptors (Lipinski definition) is 4. The first-order valence-electron chi connectivity index (χ1n) is 6.16. The maximum atomic E-state index is 12.3. The fraction of sp³-hybridized carbons (Fsp3) is 0.133. The topological polar surface area (TPSA) is 71.1 Å². The van der Waals surface area contributed by atoms with E-state index in [1.807, 2.05) is 6.07 Å². The molecule has 4 nitrogen and oxygen atoms in total. The molecule has 0 amide bonds. The van der Waals surface area contributed by atoms with Crippen LogP contribution in [-0.4, -0.2) is 6.61 Å². The molecular weight excluding hydrogens is 276 g/mol. The normalized spacial score (nSPS) is 10.2. The lowest BCUT2D eigenvalue weighted by atomic mass is 10.1. The van der Waals surface area contributed by atoms with E-state index in [0.29, 0.717) is 22.5 Å². The van der Waals surface area contributed by atoms with Crippen molar-refractivity contribution in [3.8, 4) is 11.8 Å². The molecule has 2 rings (SSSR count). The fourth-order valence-electron chi connectivity index (χ4n) is 1.83. The first-order valence-corrected chi connectivity index (χ1v) is 6.16. The van der Waals surface area contributed by atoms with Gasteiger partial charge < -0.3 is 15.8 Å². The predicted molar refractivity (Wildman–Crippen MR) is 76.0 cm³/mol. The number of hydrogen-bond donors (Lipinski definition) is 2. The van der Waals surface area contributed by atoms with Gasteiger partial charge in [-0.3, -0.25) is 0 Å². The van der Waals surface area contributed by atoms with E-state index in [4.69, 9.17) is 11.0 Å². The number of nitrogens with zero attached hydrogens (tertiary/aromatic N) is 1. The Morgan fingerprint density at radius 1 is 1.24 bits per heavy atom. The van der Waals surface area contributed by atoms with Crippen LogP contribution in [-0.2, 0) is 6.54 Å². The number of anilines is 2. The van der Waals surface area contributed by atoms with Gasteiger partial charge in [0.25, 0.3) is 0 Å². The van der Waals surface area contributed by atoms with Gasteiger partial charge in [-0.05, 0) is 24.3 Å². The fourth-order valence-corrected chi connectivity index (χ4v) is 1.83. The molecule has 0 saturated heterocycles. The van der Waals surface area contributed by atoms with E-state index >= 15 is 0 Å². The highest BCUT2D eigenvalue weighted by Crippen LogP contribution is 2.24. The van der Waals surface area contributed by atoms with Crippen LogP contribution in [0, 0.1) is 11.3 Å². The summed E-state index contributed by atoms with van der Waals surface area (Å²) in [6, 6.07) is 13.3. The van der Waals surface area contributed by atoms with Crippen LogP contribution in [0.5, 0.6) is 5.75 Å². The van der Waals surface area contributed by atoms with Crippen LogP contribution in [0.2, 0.25) is 0 Å². The van der Waals surface area contributed by atoms with Gasteiger partial charge in [0.05, 0.1) is 23.0 Å².